The topological polar surface area (TPSA) is 56.0 Å². The quantitative estimate of drug-likeness (QED) is 0.929. The minimum atomic E-state index is 0.115. The Bertz CT molecular complexity index is 636. The number of hydrogen-bond donors (Lipinski definition) is 1. The van der Waals surface area contributed by atoms with E-state index in [0.29, 0.717) is 12.2 Å². The smallest absolute Gasteiger partial charge is 0.140 e. The molecule has 0 spiro atoms. The zero-order valence-corrected chi connectivity index (χ0v) is 11.4. The summed E-state index contributed by atoms with van der Waals surface area (Å²) in [7, 11) is 0. The third-order valence-corrected chi connectivity index (χ3v) is 4.09. The first-order valence-electron chi connectivity index (χ1n) is 7.03. The van der Waals surface area contributed by atoms with Crippen molar-refractivity contribution in [3.05, 3.63) is 59.3 Å². The van der Waals surface area contributed by atoms with Crippen LogP contribution in [0.4, 0.5) is 5.82 Å². The molecule has 102 valence electrons. The Balaban J connectivity index is 1.72. The third-order valence-electron chi connectivity index (χ3n) is 4.09. The number of Topliss-reactive ketones (excluding diaryl/α,β-unsaturated/α-hetero) is 1. The van der Waals surface area contributed by atoms with Crippen LogP contribution in [-0.2, 0) is 24.1 Å². The van der Waals surface area contributed by atoms with Crippen molar-refractivity contribution in [2.24, 2.45) is 5.92 Å². The standard InChI is InChI=1S/C17H18N2O/c18-17-15(6-3-9-19-17)11-16(20)14-8-7-12-4-1-2-5-13(12)10-14/h1-6,9,14H,7-8,10-11H2,(H2,18,19). The van der Waals surface area contributed by atoms with Gasteiger partial charge in [-0.15, -0.1) is 0 Å². The number of pyridine rings is 1. The van der Waals surface area contributed by atoms with Gasteiger partial charge in [-0.1, -0.05) is 30.3 Å². The Labute approximate surface area is 118 Å². The van der Waals surface area contributed by atoms with Crippen LogP contribution in [0.25, 0.3) is 0 Å². The number of aryl methyl sites for hydroxylation is 1. The number of carbonyl (C=O) groups is 1. The third kappa shape index (κ3) is 2.57. The van der Waals surface area contributed by atoms with E-state index in [1.165, 1.54) is 11.1 Å². The van der Waals surface area contributed by atoms with Crippen molar-refractivity contribution in [2.75, 3.05) is 5.73 Å². The molecule has 0 amide bonds. The van der Waals surface area contributed by atoms with Crippen LogP contribution in [0.1, 0.15) is 23.1 Å². The molecular formula is C17H18N2O. The lowest BCUT2D eigenvalue weighted by Crippen LogP contribution is -2.24. The molecule has 1 aromatic carbocycles. The number of rotatable bonds is 3. The van der Waals surface area contributed by atoms with E-state index in [-0.39, 0.29) is 11.7 Å². The maximum absolute atomic E-state index is 12.4. The van der Waals surface area contributed by atoms with Crippen molar-refractivity contribution in [3.63, 3.8) is 0 Å². The number of ketones is 1. The first kappa shape index (κ1) is 12.9. The molecular weight excluding hydrogens is 248 g/mol. The van der Waals surface area contributed by atoms with Crippen LogP contribution in [0.15, 0.2) is 42.6 Å². The summed E-state index contributed by atoms with van der Waals surface area (Å²) in [5, 5.41) is 0. The zero-order valence-electron chi connectivity index (χ0n) is 11.4. The van der Waals surface area contributed by atoms with Gasteiger partial charge in [-0.3, -0.25) is 4.79 Å². The van der Waals surface area contributed by atoms with Crippen molar-refractivity contribution in [2.45, 2.75) is 25.7 Å². The minimum absolute atomic E-state index is 0.115. The molecule has 1 atom stereocenters. The lowest BCUT2D eigenvalue weighted by atomic mass is 9.80. The molecule has 1 aliphatic carbocycles. The van der Waals surface area contributed by atoms with E-state index in [9.17, 15) is 4.79 Å². The van der Waals surface area contributed by atoms with Gasteiger partial charge in [-0.2, -0.15) is 0 Å². The molecule has 3 rings (SSSR count). The van der Waals surface area contributed by atoms with Crippen LogP contribution in [0.3, 0.4) is 0 Å². The molecule has 0 bridgehead atoms. The molecule has 0 radical (unpaired) electrons. The van der Waals surface area contributed by atoms with Gasteiger partial charge in [0.05, 0.1) is 0 Å². The fraction of sp³-hybridized carbons (Fsp3) is 0.294. The summed E-state index contributed by atoms with van der Waals surface area (Å²) in [5.41, 5.74) is 9.36. The molecule has 3 heteroatoms. The van der Waals surface area contributed by atoms with Crippen molar-refractivity contribution in [3.8, 4) is 0 Å². The number of anilines is 1. The largest absolute Gasteiger partial charge is 0.383 e. The molecule has 2 N–H and O–H groups in total. The summed E-state index contributed by atoms with van der Waals surface area (Å²) in [4.78, 5) is 16.5. The average Bonchev–Trinajstić information content (AvgIpc) is 2.49. The van der Waals surface area contributed by atoms with Crippen molar-refractivity contribution >= 4 is 11.6 Å². The normalized spacial score (nSPS) is 17.5. The van der Waals surface area contributed by atoms with E-state index in [1.54, 1.807) is 6.20 Å². The number of nitrogens with two attached hydrogens (primary N) is 1. The molecule has 20 heavy (non-hydrogen) atoms. The van der Waals surface area contributed by atoms with Gasteiger partial charge in [0, 0.05) is 24.1 Å². The van der Waals surface area contributed by atoms with Crippen LogP contribution in [0.5, 0.6) is 0 Å². The van der Waals surface area contributed by atoms with Gasteiger partial charge in [0.25, 0.3) is 0 Å². The van der Waals surface area contributed by atoms with Crippen LogP contribution in [-0.4, -0.2) is 10.8 Å². The average molecular weight is 266 g/mol. The fourth-order valence-electron chi connectivity index (χ4n) is 2.90. The second kappa shape index (κ2) is 5.45. The minimum Gasteiger partial charge on any atom is -0.383 e. The van der Waals surface area contributed by atoms with E-state index in [0.717, 1.165) is 24.8 Å². The Morgan fingerprint density at radius 1 is 1.20 bits per heavy atom. The highest BCUT2D eigenvalue weighted by Crippen LogP contribution is 2.27. The molecule has 1 aliphatic rings. The highest BCUT2D eigenvalue weighted by atomic mass is 16.1. The summed E-state index contributed by atoms with van der Waals surface area (Å²) >= 11 is 0. The number of nitrogens with zero attached hydrogens (tertiary/aromatic N) is 1. The highest BCUT2D eigenvalue weighted by molar-refractivity contribution is 5.84. The van der Waals surface area contributed by atoms with Gasteiger partial charge in [0.1, 0.15) is 11.6 Å². The van der Waals surface area contributed by atoms with Gasteiger partial charge in [0.15, 0.2) is 0 Å². The second-order valence-electron chi connectivity index (χ2n) is 5.40. The highest BCUT2D eigenvalue weighted by Gasteiger charge is 2.24. The zero-order chi connectivity index (χ0) is 13.9. The molecule has 2 aromatic rings. The Morgan fingerprint density at radius 3 is 2.80 bits per heavy atom. The lowest BCUT2D eigenvalue weighted by molar-refractivity contribution is -0.122. The van der Waals surface area contributed by atoms with Gasteiger partial charge >= 0.3 is 0 Å². The van der Waals surface area contributed by atoms with E-state index >= 15 is 0 Å². The summed E-state index contributed by atoms with van der Waals surface area (Å²) in [6, 6.07) is 12.1. The van der Waals surface area contributed by atoms with Crippen LogP contribution >= 0.6 is 0 Å². The number of benzene rings is 1. The molecule has 0 saturated heterocycles. The Morgan fingerprint density at radius 2 is 2.00 bits per heavy atom. The molecule has 1 heterocycles. The molecule has 1 aromatic heterocycles. The molecule has 0 saturated carbocycles. The maximum atomic E-state index is 12.4. The van der Waals surface area contributed by atoms with Crippen LogP contribution in [0, 0.1) is 5.92 Å². The van der Waals surface area contributed by atoms with Gasteiger partial charge in [-0.05, 0) is 36.5 Å². The fourth-order valence-corrected chi connectivity index (χ4v) is 2.90. The number of aromatic nitrogens is 1. The van der Waals surface area contributed by atoms with Crippen molar-refractivity contribution < 1.29 is 4.79 Å². The van der Waals surface area contributed by atoms with Gasteiger partial charge in [-0.25, -0.2) is 4.98 Å². The summed E-state index contributed by atoms with van der Waals surface area (Å²) in [6.45, 7) is 0. The first-order chi connectivity index (χ1) is 9.74. The first-order valence-corrected chi connectivity index (χ1v) is 7.03. The molecule has 0 fully saturated rings. The number of carbonyl (C=O) groups excluding carboxylic acids is 1. The maximum Gasteiger partial charge on any atom is 0.140 e. The molecule has 1 unspecified atom stereocenters. The number of fused-ring (bicyclic) bond motifs is 1. The Kier molecular flexibility index (Phi) is 3.50. The van der Waals surface area contributed by atoms with E-state index in [4.69, 9.17) is 5.73 Å². The lowest BCUT2D eigenvalue weighted by Gasteiger charge is -2.23. The predicted molar refractivity (Wildman–Crippen MR) is 79.3 cm³/mol. The summed E-state index contributed by atoms with van der Waals surface area (Å²) < 4.78 is 0. The molecule has 0 aliphatic heterocycles. The second-order valence-corrected chi connectivity index (χ2v) is 5.40. The SMILES string of the molecule is Nc1ncccc1CC(=O)C1CCc2ccccc2C1. The predicted octanol–water partition coefficient (Wildman–Crippen LogP) is 2.58. The van der Waals surface area contributed by atoms with E-state index < -0.39 is 0 Å². The van der Waals surface area contributed by atoms with E-state index in [2.05, 4.69) is 23.2 Å². The van der Waals surface area contributed by atoms with Crippen molar-refractivity contribution in [1.29, 1.82) is 0 Å². The number of nitrogen functional groups attached to an aromatic ring is 1. The van der Waals surface area contributed by atoms with Gasteiger partial charge in [0.2, 0.25) is 0 Å². The summed E-state index contributed by atoms with van der Waals surface area (Å²) in [6.07, 6.45) is 4.84. The van der Waals surface area contributed by atoms with Gasteiger partial charge < -0.3 is 5.73 Å². The molecule has 3 nitrogen and oxygen atoms in total. The Hall–Kier alpha value is -2.16. The monoisotopic (exact) mass is 266 g/mol. The van der Waals surface area contributed by atoms with E-state index in [1.807, 2.05) is 18.2 Å². The summed E-state index contributed by atoms with van der Waals surface area (Å²) in [5.74, 6) is 0.862. The number of hydrogen-bond acceptors (Lipinski definition) is 3. The van der Waals surface area contributed by atoms with Crippen LogP contribution < -0.4 is 5.73 Å². The van der Waals surface area contributed by atoms with Crippen LogP contribution in [0.2, 0.25) is 0 Å². The van der Waals surface area contributed by atoms with Crippen molar-refractivity contribution in [1.82, 2.24) is 4.98 Å².